The first-order valence-electron chi connectivity index (χ1n) is 6.06. The molecular weight excluding hydrogens is 220 g/mol. The fourth-order valence-corrected chi connectivity index (χ4v) is 3.24. The maximum absolute atomic E-state index is 6.21. The number of aryl methyl sites for hydroxylation is 1. The maximum Gasteiger partial charge on any atom is 0.0444 e. The summed E-state index contributed by atoms with van der Waals surface area (Å²) in [4.78, 5) is 2.47. The predicted molar refractivity (Wildman–Crippen MR) is 68.1 cm³/mol. The molecule has 2 nitrogen and oxygen atoms in total. The Bertz CT molecular complexity index is 405. The zero-order valence-electron chi connectivity index (χ0n) is 9.32. The molecule has 0 bridgehead atoms. The van der Waals surface area contributed by atoms with Gasteiger partial charge in [-0.2, -0.15) is 0 Å². The fraction of sp³-hybridized carbons (Fsp3) is 0.538. The molecule has 3 rings (SSSR count). The molecule has 1 aromatic carbocycles. The summed E-state index contributed by atoms with van der Waals surface area (Å²) in [5.41, 5.74) is 8.95. The summed E-state index contributed by atoms with van der Waals surface area (Å²) in [7, 11) is 0. The van der Waals surface area contributed by atoms with Crippen molar-refractivity contribution in [2.75, 3.05) is 11.4 Å². The second kappa shape index (κ2) is 3.94. The number of fused-ring (bicyclic) bond motifs is 3. The van der Waals surface area contributed by atoms with Crippen LogP contribution in [0.1, 0.15) is 24.8 Å². The average Bonchev–Trinajstić information content (AvgIpc) is 2.29. The molecule has 1 aromatic rings. The number of nitrogens with two attached hydrogens (primary N) is 1. The van der Waals surface area contributed by atoms with E-state index >= 15 is 0 Å². The van der Waals surface area contributed by atoms with Crippen LogP contribution in [0.4, 0.5) is 5.69 Å². The smallest absolute Gasteiger partial charge is 0.0444 e. The number of benzene rings is 1. The van der Waals surface area contributed by atoms with Crippen molar-refractivity contribution in [3.05, 3.63) is 28.8 Å². The molecule has 2 aliphatic rings. The number of rotatable bonds is 0. The lowest BCUT2D eigenvalue weighted by Crippen LogP contribution is -2.54. The topological polar surface area (TPSA) is 29.3 Å². The highest BCUT2D eigenvalue weighted by atomic mass is 35.5. The van der Waals surface area contributed by atoms with E-state index in [0.717, 1.165) is 24.4 Å². The van der Waals surface area contributed by atoms with E-state index in [4.69, 9.17) is 17.3 Å². The van der Waals surface area contributed by atoms with Crippen molar-refractivity contribution in [3.63, 3.8) is 0 Å². The summed E-state index contributed by atoms with van der Waals surface area (Å²) in [6.07, 6.45) is 4.69. The number of hydrogen-bond donors (Lipinski definition) is 1. The minimum absolute atomic E-state index is 0.334. The molecule has 2 unspecified atom stereocenters. The zero-order chi connectivity index (χ0) is 11.1. The third-order valence-corrected chi connectivity index (χ3v) is 4.13. The van der Waals surface area contributed by atoms with Crippen molar-refractivity contribution >= 4 is 17.3 Å². The predicted octanol–water partition coefficient (Wildman–Crippen LogP) is 2.58. The van der Waals surface area contributed by atoms with E-state index < -0.39 is 0 Å². The van der Waals surface area contributed by atoms with Crippen LogP contribution in [0.25, 0.3) is 0 Å². The molecule has 0 saturated carbocycles. The van der Waals surface area contributed by atoms with Crippen LogP contribution in [-0.4, -0.2) is 18.6 Å². The van der Waals surface area contributed by atoms with Gasteiger partial charge in [0.05, 0.1) is 0 Å². The van der Waals surface area contributed by atoms with Crippen LogP contribution in [-0.2, 0) is 6.42 Å². The van der Waals surface area contributed by atoms with Crippen molar-refractivity contribution in [1.82, 2.24) is 0 Å². The van der Waals surface area contributed by atoms with E-state index in [0.29, 0.717) is 12.1 Å². The Balaban J connectivity index is 2.01. The summed E-state index contributed by atoms with van der Waals surface area (Å²) in [5.74, 6) is 0. The van der Waals surface area contributed by atoms with Crippen molar-refractivity contribution in [2.45, 2.75) is 37.8 Å². The lowest BCUT2D eigenvalue weighted by Gasteiger charge is -2.45. The molecule has 3 heteroatoms. The summed E-state index contributed by atoms with van der Waals surface area (Å²) in [5, 5.41) is 0.832. The van der Waals surface area contributed by atoms with Gasteiger partial charge in [-0.05, 0) is 43.4 Å². The van der Waals surface area contributed by atoms with Gasteiger partial charge in [0, 0.05) is 29.3 Å². The maximum atomic E-state index is 6.21. The van der Waals surface area contributed by atoms with Gasteiger partial charge in [-0.1, -0.05) is 17.7 Å². The fourth-order valence-electron chi connectivity index (χ4n) is 3.07. The molecule has 0 spiro atoms. The van der Waals surface area contributed by atoms with E-state index in [1.165, 1.54) is 24.1 Å². The van der Waals surface area contributed by atoms with Crippen LogP contribution >= 0.6 is 11.6 Å². The first kappa shape index (κ1) is 10.4. The number of hydrogen-bond acceptors (Lipinski definition) is 2. The van der Waals surface area contributed by atoms with Crippen LogP contribution < -0.4 is 10.6 Å². The highest BCUT2D eigenvalue weighted by Crippen LogP contribution is 2.36. The van der Waals surface area contributed by atoms with E-state index in [-0.39, 0.29) is 0 Å². The lowest BCUT2D eigenvalue weighted by molar-refractivity contribution is 0.372. The molecule has 2 N–H and O–H groups in total. The van der Waals surface area contributed by atoms with Gasteiger partial charge in [0.2, 0.25) is 0 Å². The van der Waals surface area contributed by atoms with Crippen LogP contribution in [0, 0.1) is 0 Å². The van der Waals surface area contributed by atoms with Gasteiger partial charge in [0.25, 0.3) is 0 Å². The van der Waals surface area contributed by atoms with Gasteiger partial charge in [0.1, 0.15) is 0 Å². The Kier molecular flexibility index (Phi) is 2.56. The Morgan fingerprint density at radius 2 is 2.19 bits per heavy atom. The average molecular weight is 237 g/mol. The van der Waals surface area contributed by atoms with Crippen molar-refractivity contribution < 1.29 is 0 Å². The van der Waals surface area contributed by atoms with Crippen LogP contribution in [0.15, 0.2) is 18.2 Å². The Morgan fingerprint density at radius 1 is 1.31 bits per heavy atom. The minimum Gasteiger partial charge on any atom is -0.367 e. The molecule has 1 fully saturated rings. The number of nitrogens with zero attached hydrogens (tertiary/aromatic N) is 1. The molecule has 0 radical (unpaired) electrons. The highest BCUT2D eigenvalue weighted by molar-refractivity contribution is 6.30. The molecule has 0 aromatic heterocycles. The quantitative estimate of drug-likeness (QED) is 0.750. The first-order chi connectivity index (χ1) is 7.75. The first-order valence-corrected chi connectivity index (χ1v) is 6.44. The third-order valence-electron chi connectivity index (χ3n) is 3.90. The minimum atomic E-state index is 0.334. The highest BCUT2D eigenvalue weighted by Gasteiger charge is 2.33. The second-order valence-corrected chi connectivity index (χ2v) is 5.31. The van der Waals surface area contributed by atoms with Crippen LogP contribution in [0.3, 0.4) is 0 Å². The molecule has 1 saturated heterocycles. The van der Waals surface area contributed by atoms with E-state index in [1.54, 1.807) is 0 Å². The lowest BCUT2D eigenvalue weighted by atomic mass is 9.87. The molecule has 86 valence electrons. The van der Waals surface area contributed by atoms with E-state index in [9.17, 15) is 0 Å². The monoisotopic (exact) mass is 236 g/mol. The normalized spacial score (nSPS) is 28.5. The molecule has 0 amide bonds. The van der Waals surface area contributed by atoms with Gasteiger partial charge < -0.3 is 10.6 Å². The van der Waals surface area contributed by atoms with Crippen molar-refractivity contribution in [2.24, 2.45) is 5.73 Å². The van der Waals surface area contributed by atoms with Crippen molar-refractivity contribution in [3.8, 4) is 0 Å². The van der Waals surface area contributed by atoms with Gasteiger partial charge in [-0.15, -0.1) is 0 Å². The number of halogens is 1. The molecule has 16 heavy (non-hydrogen) atoms. The van der Waals surface area contributed by atoms with Crippen LogP contribution in [0.2, 0.25) is 5.02 Å². The SMILES string of the molecule is NC1CCCN2c3cc(Cl)ccc3CCC12. The molecule has 2 atom stereocenters. The Morgan fingerprint density at radius 3 is 3.06 bits per heavy atom. The summed E-state index contributed by atoms with van der Waals surface area (Å²) in [6.45, 7) is 1.13. The third kappa shape index (κ3) is 1.61. The summed E-state index contributed by atoms with van der Waals surface area (Å²) in [6, 6.07) is 7.11. The molecule has 0 aliphatic carbocycles. The number of anilines is 1. The van der Waals surface area contributed by atoms with E-state index in [1.807, 2.05) is 6.07 Å². The van der Waals surface area contributed by atoms with Gasteiger partial charge >= 0.3 is 0 Å². The standard InChI is InChI=1S/C13H17ClN2/c14-10-5-3-9-4-6-12-11(15)2-1-7-16(12)13(9)8-10/h3,5,8,11-12H,1-2,4,6-7,15H2. The van der Waals surface area contributed by atoms with Gasteiger partial charge in [-0.25, -0.2) is 0 Å². The largest absolute Gasteiger partial charge is 0.367 e. The van der Waals surface area contributed by atoms with Gasteiger partial charge in [0.15, 0.2) is 0 Å². The van der Waals surface area contributed by atoms with Crippen LogP contribution in [0.5, 0.6) is 0 Å². The summed E-state index contributed by atoms with van der Waals surface area (Å²) < 4.78 is 0. The summed E-state index contributed by atoms with van der Waals surface area (Å²) >= 11 is 6.09. The van der Waals surface area contributed by atoms with Crippen molar-refractivity contribution in [1.29, 1.82) is 0 Å². The zero-order valence-corrected chi connectivity index (χ0v) is 10.1. The van der Waals surface area contributed by atoms with Gasteiger partial charge in [-0.3, -0.25) is 0 Å². The molecule has 2 heterocycles. The Hall–Kier alpha value is -0.730. The second-order valence-electron chi connectivity index (χ2n) is 4.88. The number of piperidine rings is 1. The Labute approximate surface area is 101 Å². The molecule has 2 aliphatic heterocycles. The molecular formula is C13H17ClN2. The van der Waals surface area contributed by atoms with E-state index in [2.05, 4.69) is 17.0 Å².